The molecule has 1 aliphatic rings. The number of hydrogen-bond acceptors (Lipinski definition) is 5. The van der Waals surface area contributed by atoms with E-state index in [9.17, 15) is 9.59 Å². The Morgan fingerprint density at radius 2 is 2.14 bits per heavy atom. The molecule has 0 saturated heterocycles. The van der Waals surface area contributed by atoms with E-state index in [1.54, 1.807) is 6.08 Å². The first kappa shape index (κ1) is 19.5. The highest BCUT2D eigenvalue weighted by atomic mass is 32.1. The van der Waals surface area contributed by atoms with E-state index in [2.05, 4.69) is 12.2 Å². The van der Waals surface area contributed by atoms with Crippen LogP contribution in [-0.4, -0.2) is 19.0 Å². The van der Waals surface area contributed by atoms with Gasteiger partial charge in [-0.05, 0) is 61.9 Å². The average Bonchev–Trinajstić information content (AvgIpc) is 3.25. The van der Waals surface area contributed by atoms with E-state index in [-0.39, 0.29) is 5.91 Å². The molecular formula is C23H23NO4S. The van der Waals surface area contributed by atoms with E-state index in [4.69, 9.17) is 9.15 Å². The third kappa shape index (κ3) is 3.98. The lowest BCUT2D eigenvalue weighted by Gasteiger charge is -2.18. The first-order valence-corrected chi connectivity index (χ1v) is 10.5. The quantitative estimate of drug-likeness (QED) is 0.465. The summed E-state index contributed by atoms with van der Waals surface area (Å²) in [5.41, 5.74) is 3.45. The van der Waals surface area contributed by atoms with Gasteiger partial charge in [0.25, 0.3) is 0 Å². The van der Waals surface area contributed by atoms with Crippen LogP contribution in [-0.2, 0) is 22.4 Å². The van der Waals surface area contributed by atoms with Crippen molar-refractivity contribution in [3.63, 3.8) is 0 Å². The highest BCUT2D eigenvalue weighted by molar-refractivity contribution is 7.17. The molecule has 0 aliphatic heterocycles. The Balaban J connectivity index is 1.55. The van der Waals surface area contributed by atoms with Crippen molar-refractivity contribution in [1.29, 1.82) is 0 Å². The highest BCUT2D eigenvalue weighted by Crippen LogP contribution is 2.40. The number of aryl methyl sites for hydroxylation is 1. The number of ether oxygens (including phenoxy) is 1. The third-order valence-corrected chi connectivity index (χ3v) is 6.40. The second-order valence-corrected chi connectivity index (χ2v) is 8.67. The summed E-state index contributed by atoms with van der Waals surface area (Å²) < 4.78 is 10.7. The van der Waals surface area contributed by atoms with Crippen molar-refractivity contribution in [2.75, 3.05) is 12.4 Å². The zero-order valence-corrected chi connectivity index (χ0v) is 17.5. The van der Waals surface area contributed by atoms with Gasteiger partial charge >= 0.3 is 5.97 Å². The van der Waals surface area contributed by atoms with Crippen LogP contribution in [0.5, 0.6) is 0 Å². The number of benzene rings is 1. The van der Waals surface area contributed by atoms with Crippen LogP contribution >= 0.6 is 11.3 Å². The fourth-order valence-electron chi connectivity index (χ4n) is 3.73. The monoisotopic (exact) mass is 409 g/mol. The molecule has 6 heteroatoms. The Morgan fingerprint density at radius 1 is 1.31 bits per heavy atom. The van der Waals surface area contributed by atoms with E-state index in [1.165, 1.54) is 24.5 Å². The number of methoxy groups -OCH3 is 1. The van der Waals surface area contributed by atoms with Crippen molar-refractivity contribution in [2.24, 2.45) is 5.92 Å². The lowest BCUT2D eigenvalue weighted by atomic mass is 9.88. The zero-order valence-electron chi connectivity index (χ0n) is 16.7. The largest absolute Gasteiger partial charge is 0.465 e. The molecule has 0 spiro atoms. The molecule has 1 N–H and O–H groups in total. The minimum atomic E-state index is -0.399. The van der Waals surface area contributed by atoms with Crippen molar-refractivity contribution in [2.45, 2.75) is 33.1 Å². The molecule has 1 amide bonds. The van der Waals surface area contributed by atoms with Gasteiger partial charge in [0, 0.05) is 16.3 Å². The third-order valence-electron chi connectivity index (χ3n) is 5.23. The lowest BCUT2D eigenvalue weighted by molar-refractivity contribution is -0.111. The smallest absolute Gasteiger partial charge is 0.341 e. The topological polar surface area (TPSA) is 68.5 Å². The molecule has 1 aliphatic carbocycles. The van der Waals surface area contributed by atoms with Crippen LogP contribution in [0.3, 0.4) is 0 Å². The summed E-state index contributed by atoms with van der Waals surface area (Å²) in [5.74, 6) is 0.475. The lowest BCUT2D eigenvalue weighted by Crippen LogP contribution is -2.14. The number of esters is 1. The summed E-state index contributed by atoms with van der Waals surface area (Å²) in [6.45, 7) is 4.23. The highest BCUT2D eigenvalue weighted by Gasteiger charge is 2.28. The molecule has 0 radical (unpaired) electrons. The number of fused-ring (bicyclic) bond motifs is 2. The van der Waals surface area contributed by atoms with Crippen LogP contribution in [0.1, 0.15) is 45.5 Å². The fraction of sp³-hybridized carbons (Fsp3) is 0.304. The molecular weight excluding hydrogens is 386 g/mol. The van der Waals surface area contributed by atoms with Crippen LogP contribution < -0.4 is 5.32 Å². The Hall–Kier alpha value is -2.86. The SMILES string of the molecule is COC(=O)c1c(NC(=O)/C=C/c2cc3cc(C)ccc3o2)sc2c1CCC(C)C2. The zero-order chi connectivity index (χ0) is 20.5. The predicted octanol–water partition coefficient (Wildman–Crippen LogP) is 5.37. The summed E-state index contributed by atoms with van der Waals surface area (Å²) in [5, 5.41) is 4.42. The van der Waals surface area contributed by atoms with Crippen molar-refractivity contribution in [3.8, 4) is 0 Å². The Bertz CT molecular complexity index is 1120. The molecule has 150 valence electrons. The molecule has 2 heterocycles. The molecule has 1 atom stereocenters. The minimum Gasteiger partial charge on any atom is -0.465 e. The van der Waals surface area contributed by atoms with Gasteiger partial charge in [0.2, 0.25) is 5.91 Å². The van der Waals surface area contributed by atoms with Crippen molar-refractivity contribution < 1.29 is 18.7 Å². The van der Waals surface area contributed by atoms with Crippen LogP contribution in [0.15, 0.2) is 34.8 Å². The maximum Gasteiger partial charge on any atom is 0.341 e. The van der Waals surface area contributed by atoms with Crippen LogP contribution in [0, 0.1) is 12.8 Å². The van der Waals surface area contributed by atoms with Crippen molar-refractivity contribution in [3.05, 3.63) is 57.7 Å². The Kier molecular flexibility index (Phi) is 5.28. The second kappa shape index (κ2) is 7.87. The average molecular weight is 410 g/mol. The molecule has 1 aromatic carbocycles. The molecule has 5 nitrogen and oxygen atoms in total. The summed E-state index contributed by atoms with van der Waals surface area (Å²) in [4.78, 5) is 26.0. The van der Waals surface area contributed by atoms with Gasteiger partial charge in [-0.25, -0.2) is 4.79 Å². The fourth-order valence-corrected chi connectivity index (χ4v) is 5.14. The van der Waals surface area contributed by atoms with E-state index in [1.807, 2.05) is 31.2 Å². The van der Waals surface area contributed by atoms with Gasteiger partial charge in [-0.3, -0.25) is 4.79 Å². The van der Waals surface area contributed by atoms with Crippen LogP contribution in [0.2, 0.25) is 0 Å². The standard InChI is InChI=1S/C23H23NO4S/c1-13-5-8-18-15(10-13)12-16(28-18)6-9-20(25)24-22-21(23(26)27-3)17-7-4-14(2)11-19(17)29-22/h5-6,8-10,12,14H,4,7,11H2,1-3H3,(H,24,25)/b9-6+. The number of carbonyl (C=O) groups excluding carboxylic acids is 2. The first-order chi connectivity index (χ1) is 13.9. The van der Waals surface area contributed by atoms with E-state index < -0.39 is 5.97 Å². The van der Waals surface area contributed by atoms with E-state index in [0.29, 0.717) is 22.2 Å². The Labute approximate surface area is 173 Å². The Morgan fingerprint density at radius 3 is 2.93 bits per heavy atom. The van der Waals surface area contributed by atoms with Gasteiger partial charge in [-0.1, -0.05) is 18.6 Å². The van der Waals surface area contributed by atoms with Gasteiger partial charge in [-0.15, -0.1) is 11.3 Å². The summed E-state index contributed by atoms with van der Waals surface area (Å²) in [6.07, 6.45) is 5.85. The minimum absolute atomic E-state index is 0.307. The number of furan rings is 1. The van der Waals surface area contributed by atoms with Gasteiger partial charge in [0.1, 0.15) is 16.3 Å². The molecule has 4 rings (SSSR count). The van der Waals surface area contributed by atoms with Crippen LogP contribution in [0.25, 0.3) is 17.0 Å². The van der Waals surface area contributed by atoms with Gasteiger partial charge in [-0.2, -0.15) is 0 Å². The number of nitrogens with one attached hydrogen (secondary N) is 1. The molecule has 0 saturated carbocycles. The molecule has 1 unspecified atom stereocenters. The molecule has 29 heavy (non-hydrogen) atoms. The normalized spacial score (nSPS) is 16.2. The molecule has 0 fully saturated rings. The van der Waals surface area contributed by atoms with Crippen molar-refractivity contribution in [1.82, 2.24) is 0 Å². The maximum atomic E-state index is 12.5. The molecule has 2 aromatic heterocycles. The van der Waals surface area contributed by atoms with Gasteiger partial charge < -0.3 is 14.5 Å². The van der Waals surface area contributed by atoms with E-state index in [0.717, 1.165) is 46.2 Å². The summed E-state index contributed by atoms with van der Waals surface area (Å²) >= 11 is 1.47. The van der Waals surface area contributed by atoms with Crippen molar-refractivity contribution >= 4 is 45.3 Å². The van der Waals surface area contributed by atoms with E-state index >= 15 is 0 Å². The molecule has 0 bridgehead atoms. The number of rotatable bonds is 4. The summed E-state index contributed by atoms with van der Waals surface area (Å²) in [6, 6.07) is 7.84. The number of anilines is 1. The van der Waals surface area contributed by atoms with Crippen LogP contribution in [0.4, 0.5) is 5.00 Å². The van der Waals surface area contributed by atoms with Gasteiger partial charge in [0.05, 0.1) is 12.7 Å². The summed E-state index contributed by atoms with van der Waals surface area (Å²) in [7, 11) is 1.37. The maximum absolute atomic E-state index is 12.5. The number of hydrogen-bond donors (Lipinski definition) is 1. The first-order valence-electron chi connectivity index (χ1n) is 9.66. The van der Waals surface area contributed by atoms with Gasteiger partial charge in [0.15, 0.2) is 0 Å². The predicted molar refractivity (Wildman–Crippen MR) is 115 cm³/mol. The molecule has 3 aromatic rings. The number of thiophene rings is 1. The number of carbonyl (C=O) groups is 2. The second-order valence-electron chi connectivity index (χ2n) is 7.56. The number of amides is 1.